The SMILES string of the molecule is CCCCOCc1cc(CNCC(C)C)ccc1F. The highest BCUT2D eigenvalue weighted by molar-refractivity contribution is 5.24. The molecule has 0 heterocycles. The molecule has 0 unspecified atom stereocenters. The van der Waals surface area contributed by atoms with Gasteiger partial charge in [0.2, 0.25) is 0 Å². The normalized spacial score (nSPS) is 11.2. The van der Waals surface area contributed by atoms with Gasteiger partial charge in [0.05, 0.1) is 6.61 Å². The molecule has 0 spiro atoms. The Morgan fingerprint density at radius 2 is 2.11 bits per heavy atom. The summed E-state index contributed by atoms with van der Waals surface area (Å²) in [6, 6.07) is 5.26. The second-order valence-corrected chi connectivity index (χ2v) is 5.36. The number of ether oxygens (including phenoxy) is 1. The predicted octanol–water partition coefficient (Wildman–Crippen LogP) is 3.89. The van der Waals surface area contributed by atoms with Gasteiger partial charge >= 0.3 is 0 Å². The minimum absolute atomic E-state index is 0.177. The second-order valence-electron chi connectivity index (χ2n) is 5.36. The molecule has 1 aromatic rings. The summed E-state index contributed by atoms with van der Waals surface area (Å²) < 4.78 is 19.1. The fourth-order valence-corrected chi connectivity index (χ4v) is 1.78. The summed E-state index contributed by atoms with van der Waals surface area (Å²) in [6.07, 6.45) is 2.12. The lowest BCUT2D eigenvalue weighted by atomic mass is 10.1. The molecule has 0 bridgehead atoms. The molecule has 0 saturated heterocycles. The van der Waals surface area contributed by atoms with Crippen LogP contribution in [0, 0.1) is 11.7 Å². The number of benzene rings is 1. The van der Waals surface area contributed by atoms with Gasteiger partial charge in [-0.25, -0.2) is 4.39 Å². The average molecular weight is 267 g/mol. The molecule has 0 aliphatic heterocycles. The zero-order valence-electron chi connectivity index (χ0n) is 12.3. The zero-order valence-corrected chi connectivity index (χ0v) is 12.3. The van der Waals surface area contributed by atoms with E-state index in [2.05, 4.69) is 26.1 Å². The van der Waals surface area contributed by atoms with E-state index >= 15 is 0 Å². The van der Waals surface area contributed by atoms with E-state index in [1.807, 2.05) is 12.1 Å². The first-order chi connectivity index (χ1) is 9.13. The Morgan fingerprint density at radius 1 is 1.32 bits per heavy atom. The fourth-order valence-electron chi connectivity index (χ4n) is 1.78. The maximum Gasteiger partial charge on any atom is 0.128 e. The van der Waals surface area contributed by atoms with Crippen LogP contribution in [-0.2, 0) is 17.9 Å². The standard InChI is InChI=1S/C16H26FNO/c1-4-5-8-19-12-15-9-14(6-7-16(15)17)11-18-10-13(2)3/h6-7,9,13,18H,4-5,8,10-12H2,1-3H3. The molecule has 0 amide bonds. The first-order valence-corrected chi connectivity index (χ1v) is 7.19. The van der Waals surface area contributed by atoms with Gasteiger partial charge < -0.3 is 10.1 Å². The maximum absolute atomic E-state index is 13.6. The monoisotopic (exact) mass is 267 g/mol. The van der Waals surface area contributed by atoms with Gasteiger partial charge in [0.15, 0.2) is 0 Å². The first kappa shape index (κ1) is 16.1. The van der Waals surface area contributed by atoms with E-state index in [1.54, 1.807) is 0 Å². The molecule has 3 heteroatoms. The van der Waals surface area contributed by atoms with E-state index in [0.717, 1.165) is 31.5 Å². The van der Waals surface area contributed by atoms with E-state index < -0.39 is 0 Å². The highest BCUT2D eigenvalue weighted by atomic mass is 19.1. The Kier molecular flexibility index (Phi) is 7.68. The Bertz CT molecular complexity index is 366. The van der Waals surface area contributed by atoms with E-state index in [4.69, 9.17) is 4.74 Å². The van der Waals surface area contributed by atoms with Gasteiger partial charge in [0.25, 0.3) is 0 Å². The Balaban J connectivity index is 2.46. The van der Waals surface area contributed by atoms with E-state index in [-0.39, 0.29) is 5.82 Å². The summed E-state index contributed by atoms with van der Waals surface area (Å²) in [5.74, 6) is 0.446. The van der Waals surface area contributed by atoms with Gasteiger partial charge in [-0.1, -0.05) is 33.3 Å². The molecule has 0 atom stereocenters. The van der Waals surface area contributed by atoms with Gasteiger partial charge in [-0.05, 0) is 36.6 Å². The van der Waals surface area contributed by atoms with Gasteiger partial charge in [-0.15, -0.1) is 0 Å². The minimum Gasteiger partial charge on any atom is -0.377 e. The maximum atomic E-state index is 13.6. The van der Waals surface area contributed by atoms with Gasteiger partial charge in [-0.2, -0.15) is 0 Å². The van der Waals surface area contributed by atoms with Crippen molar-refractivity contribution in [1.29, 1.82) is 0 Å². The zero-order chi connectivity index (χ0) is 14.1. The third-order valence-electron chi connectivity index (χ3n) is 2.89. The smallest absolute Gasteiger partial charge is 0.128 e. The largest absolute Gasteiger partial charge is 0.377 e. The molecule has 1 rings (SSSR count). The quantitative estimate of drug-likeness (QED) is 0.685. The Hall–Kier alpha value is -0.930. The number of rotatable bonds is 9. The van der Waals surface area contributed by atoms with Crippen molar-refractivity contribution in [3.8, 4) is 0 Å². The molecule has 19 heavy (non-hydrogen) atoms. The predicted molar refractivity (Wildman–Crippen MR) is 77.5 cm³/mol. The summed E-state index contributed by atoms with van der Waals surface area (Å²) in [7, 11) is 0. The van der Waals surface area contributed by atoms with Crippen LogP contribution >= 0.6 is 0 Å². The lowest BCUT2D eigenvalue weighted by Gasteiger charge is -2.10. The van der Waals surface area contributed by atoms with Crippen LogP contribution in [0.1, 0.15) is 44.7 Å². The van der Waals surface area contributed by atoms with Crippen molar-refractivity contribution in [2.24, 2.45) is 5.92 Å². The summed E-state index contributed by atoms with van der Waals surface area (Å²) >= 11 is 0. The second kappa shape index (κ2) is 9.05. The van der Waals surface area contributed by atoms with Crippen molar-refractivity contribution in [3.05, 3.63) is 35.1 Å². The summed E-state index contributed by atoms with van der Waals surface area (Å²) in [5, 5.41) is 3.36. The molecule has 108 valence electrons. The molecule has 0 aliphatic rings. The van der Waals surface area contributed by atoms with Gasteiger partial charge in [-0.3, -0.25) is 0 Å². The van der Waals surface area contributed by atoms with Crippen LogP contribution in [-0.4, -0.2) is 13.2 Å². The Morgan fingerprint density at radius 3 is 2.79 bits per heavy atom. The van der Waals surface area contributed by atoms with Crippen LogP contribution in [0.3, 0.4) is 0 Å². The van der Waals surface area contributed by atoms with Crippen LogP contribution in [0.4, 0.5) is 4.39 Å². The Labute approximate surface area is 116 Å². The van der Waals surface area contributed by atoms with Crippen LogP contribution in [0.2, 0.25) is 0 Å². The lowest BCUT2D eigenvalue weighted by molar-refractivity contribution is 0.115. The number of unbranched alkanes of at least 4 members (excludes halogenated alkanes) is 1. The number of hydrogen-bond donors (Lipinski definition) is 1. The molecule has 1 aromatic carbocycles. The molecule has 1 N–H and O–H groups in total. The third-order valence-corrected chi connectivity index (χ3v) is 2.89. The third kappa shape index (κ3) is 6.69. The molecule has 0 radical (unpaired) electrons. The molecule has 0 fully saturated rings. The van der Waals surface area contributed by atoms with Gasteiger partial charge in [0.1, 0.15) is 5.82 Å². The summed E-state index contributed by atoms with van der Waals surface area (Å²) in [6.45, 7) is 9.27. The summed E-state index contributed by atoms with van der Waals surface area (Å²) in [4.78, 5) is 0. The molecular weight excluding hydrogens is 241 g/mol. The topological polar surface area (TPSA) is 21.3 Å². The molecular formula is C16H26FNO. The van der Waals surface area contributed by atoms with Crippen molar-refractivity contribution in [1.82, 2.24) is 5.32 Å². The van der Waals surface area contributed by atoms with Gasteiger partial charge in [0, 0.05) is 18.7 Å². The number of nitrogens with one attached hydrogen (secondary N) is 1. The van der Waals surface area contributed by atoms with Crippen molar-refractivity contribution in [2.75, 3.05) is 13.2 Å². The number of hydrogen-bond acceptors (Lipinski definition) is 2. The molecule has 0 aliphatic carbocycles. The van der Waals surface area contributed by atoms with E-state index in [0.29, 0.717) is 24.7 Å². The minimum atomic E-state index is -0.177. The lowest BCUT2D eigenvalue weighted by Crippen LogP contribution is -2.19. The van der Waals surface area contributed by atoms with Crippen LogP contribution in [0.15, 0.2) is 18.2 Å². The van der Waals surface area contributed by atoms with E-state index in [1.165, 1.54) is 6.07 Å². The first-order valence-electron chi connectivity index (χ1n) is 7.19. The van der Waals surface area contributed by atoms with Crippen molar-refractivity contribution >= 4 is 0 Å². The molecule has 2 nitrogen and oxygen atoms in total. The van der Waals surface area contributed by atoms with Crippen molar-refractivity contribution < 1.29 is 9.13 Å². The van der Waals surface area contributed by atoms with Crippen LogP contribution < -0.4 is 5.32 Å². The summed E-state index contributed by atoms with van der Waals surface area (Å²) in [5.41, 5.74) is 1.76. The molecule has 0 saturated carbocycles. The van der Waals surface area contributed by atoms with Crippen LogP contribution in [0.5, 0.6) is 0 Å². The highest BCUT2D eigenvalue weighted by Gasteiger charge is 2.04. The molecule has 0 aromatic heterocycles. The van der Waals surface area contributed by atoms with Crippen molar-refractivity contribution in [3.63, 3.8) is 0 Å². The number of halogens is 1. The van der Waals surface area contributed by atoms with Crippen molar-refractivity contribution in [2.45, 2.75) is 46.8 Å². The average Bonchev–Trinajstić information content (AvgIpc) is 2.37. The highest BCUT2D eigenvalue weighted by Crippen LogP contribution is 2.12. The van der Waals surface area contributed by atoms with Crippen LogP contribution in [0.25, 0.3) is 0 Å². The fraction of sp³-hybridized carbons (Fsp3) is 0.625. The van der Waals surface area contributed by atoms with E-state index in [9.17, 15) is 4.39 Å².